The molecule has 31 heavy (non-hydrogen) atoms. The van der Waals surface area contributed by atoms with E-state index < -0.39 is 5.92 Å². The van der Waals surface area contributed by atoms with Crippen LogP contribution in [0.1, 0.15) is 38.2 Å². The maximum atomic E-state index is 13.5. The van der Waals surface area contributed by atoms with Crippen molar-refractivity contribution < 1.29 is 9.53 Å². The van der Waals surface area contributed by atoms with Crippen molar-refractivity contribution in [2.45, 2.75) is 32.6 Å². The van der Waals surface area contributed by atoms with E-state index in [9.17, 15) is 10.1 Å². The first kappa shape index (κ1) is 21.2. The number of anilines is 1. The number of halogens is 1. The van der Waals surface area contributed by atoms with Crippen LogP contribution in [0.4, 0.5) is 5.69 Å². The summed E-state index contributed by atoms with van der Waals surface area (Å²) in [6.45, 7) is 4.18. The average Bonchev–Trinajstić information content (AvgIpc) is 2.73. The SMILES string of the molecule is COc1ccc(N2C(N)=C(C#N)[C@@H](c3ccc(Br)cc3)C3=C2CC(C)(C)CC3=O)cc1. The van der Waals surface area contributed by atoms with E-state index in [1.807, 2.05) is 53.4 Å². The van der Waals surface area contributed by atoms with E-state index in [1.54, 1.807) is 7.11 Å². The number of nitriles is 1. The summed E-state index contributed by atoms with van der Waals surface area (Å²) in [6, 6.07) is 17.5. The van der Waals surface area contributed by atoms with Crippen LogP contribution in [0.5, 0.6) is 5.75 Å². The molecule has 1 atom stereocenters. The highest BCUT2D eigenvalue weighted by molar-refractivity contribution is 9.10. The molecule has 4 rings (SSSR count). The van der Waals surface area contributed by atoms with Crippen molar-refractivity contribution in [3.63, 3.8) is 0 Å². The van der Waals surface area contributed by atoms with Gasteiger partial charge in [0.2, 0.25) is 0 Å². The van der Waals surface area contributed by atoms with Gasteiger partial charge < -0.3 is 10.5 Å². The average molecular weight is 478 g/mol. The van der Waals surface area contributed by atoms with Crippen LogP contribution in [0.2, 0.25) is 0 Å². The topological polar surface area (TPSA) is 79.3 Å². The number of ketones is 1. The Balaban J connectivity index is 1.96. The molecule has 0 spiro atoms. The minimum absolute atomic E-state index is 0.0675. The van der Waals surface area contributed by atoms with Crippen molar-refractivity contribution in [2.75, 3.05) is 12.0 Å². The van der Waals surface area contributed by atoms with E-state index in [4.69, 9.17) is 10.5 Å². The number of nitrogens with zero attached hydrogens (tertiary/aromatic N) is 2. The van der Waals surface area contributed by atoms with Crippen molar-refractivity contribution in [2.24, 2.45) is 11.1 Å². The van der Waals surface area contributed by atoms with Crippen LogP contribution in [0.15, 0.2) is 75.7 Å². The Hall–Kier alpha value is -3.04. The van der Waals surface area contributed by atoms with Crippen molar-refractivity contribution in [3.05, 3.63) is 81.2 Å². The number of rotatable bonds is 3. The summed E-state index contributed by atoms with van der Waals surface area (Å²) in [5, 5.41) is 10.1. The summed E-state index contributed by atoms with van der Waals surface area (Å²) < 4.78 is 6.22. The summed E-state index contributed by atoms with van der Waals surface area (Å²) >= 11 is 3.46. The maximum absolute atomic E-state index is 13.5. The number of hydrogen-bond acceptors (Lipinski definition) is 5. The van der Waals surface area contributed by atoms with E-state index in [1.165, 1.54) is 0 Å². The molecular formula is C25H24BrN3O2. The molecule has 0 aromatic heterocycles. The van der Waals surface area contributed by atoms with E-state index in [0.717, 1.165) is 27.2 Å². The van der Waals surface area contributed by atoms with Crippen LogP contribution in [-0.4, -0.2) is 12.9 Å². The minimum atomic E-state index is -0.466. The molecule has 2 N–H and O–H groups in total. The van der Waals surface area contributed by atoms with Gasteiger partial charge in [-0.25, -0.2) is 0 Å². The van der Waals surface area contributed by atoms with E-state index in [0.29, 0.717) is 29.8 Å². The zero-order valence-corrected chi connectivity index (χ0v) is 19.4. The summed E-state index contributed by atoms with van der Waals surface area (Å²) in [7, 11) is 1.61. The molecule has 0 unspecified atom stereocenters. The molecular weight excluding hydrogens is 454 g/mol. The number of carbonyl (C=O) groups excluding carboxylic acids is 1. The molecule has 0 amide bonds. The normalized spacial score (nSPS) is 20.4. The zero-order valence-electron chi connectivity index (χ0n) is 17.8. The third-order valence-electron chi connectivity index (χ3n) is 5.91. The molecule has 0 fully saturated rings. The van der Waals surface area contributed by atoms with Gasteiger partial charge in [-0.05, 0) is 53.8 Å². The lowest BCUT2D eigenvalue weighted by atomic mass is 9.68. The second kappa shape index (κ2) is 7.90. The van der Waals surface area contributed by atoms with E-state index in [-0.39, 0.29) is 11.2 Å². The lowest BCUT2D eigenvalue weighted by Crippen LogP contribution is -2.42. The highest BCUT2D eigenvalue weighted by Crippen LogP contribution is 2.50. The fourth-order valence-corrected chi connectivity index (χ4v) is 4.79. The van der Waals surface area contributed by atoms with Gasteiger partial charge in [-0.15, -0.1) is 0 Å². The molecule has 2 aromatic rings. The lowest BCUT2D eigenvalue weighted by Gasteiger charge is -2.43. The van der Waals surface area contributed by atoms with Gasteiger partial charge in [-0.2, -0.15) is 5.26 Å². The smallest absolute Gasteiger partial charge is 0.162 e. The predicted molar refractivity (Wildman–Crippen MR) is 124 cm³/mol. The highest BCUT2D eigenvalue weighted by atomic mass is 79.9. The van der Waals surface area contributed by atoms with Crippen molar-refractivity contribution in [1.29, 1.82) is 5.26 Å². The van der Waals surface area contributed by atoms with Gasteiger partial charge in [-0.3, -0.25) is 9.69 Å². The summed E-state index contributed by atoms with van der Waals surface area (Å²) in [5.74, 6) is 0.694. The van der Waals surface area contributed by atoms with Crippen LogP contribution in [-0.2, 0) is 4.79 Å². The first-order valence-corrected chi connectivity index (χ1v) is 10.9. The van der Waals surface area contributed by atoms with Crippen LogP contribution in [0.25, 0.3) is 0 Å². The fourth-order valence-electron chi connectivity index (χ4n) is 4.52. The lowest BCUT2D eigenvalue weighted by molar-refractivity contribution is -0.118. The number of allylic oxidation sites excluding steroid dienone is 3. The molecule has 6 heteroatoms. The van der Waals surface area contributed by atoms with E-state index >= 15 is 0 Å². The Bertz CT molecular complexity index is 1140. The number of benzene rings is 2. The zero-order chi connectivity index (χ0) is 22.3. The van der Waals surface area contributed by atoms with Crippen LogP contribution >= 0.6 is 15.9 Å². The third kappa shape index (κ3) is 3.75. The molecule has 158 valence electrons. The number of carbonyl (C=O) groups is 1. The summed E-state index contributed by atoms with van der Waals surface area (Å²) in [5.41, 5.74) is 10.1. The molecule has 0 saturated heterocycles. The Morgan fingerprint density at radius 2 is 1.77 bits per heavy atom. The van der Waals surface area contributed by atoms with Gasteiger partial charge in [0.05, 0.1) is 24.7 Å². The highest BCUT2D eigenvalue weighted by Gasteiger charge is 2.44. The molecule has 0 bridgehead atoms. The van der Waals surface area contributed by atoms with Crippen molar-refractivity contribution in [1.82, 2.24) is 0 Å². The second-order valence-corrected chi connectivity index (χ2v) is 9.65. The van der Waals surface area contributed by atoms with Crippen molar-refractivity contribution in [3.8, 4) is 11.8 Å². The van der Waals surface area contributed by atoms with Crippen LogP contribution in [0, 0.1) is 16.7 Å². The van der Waals surface area contributed by atoms with Gasteiger partial charge in [-0.1, -0.05) is 41.9 Å². The summed E-state index contributed by atoms with van der Waals surface area (Å²) in [6.07, 6.45) is 1.13. The minimum Gasteiger partial charge on any atom is -0.497 e. The Morgan fingerprint density at radius 3 is 2.35 bits per heavy atom. The van der Waals surface area contributed by atoms with Crippen molar-refractivity contribution >= 4 is 27.4 Å². The monoisotopic (exact) mass is 477 g/mol. The van der Waals surface area contributed by atoms with Gasteiger partial charge in [0.25, 0.3) is 0 Å². The number of nitrogens with two attached hydrogens (primary N) is 1. The Kier molecular flexibility index (Phi) is 5.40. The molecule has 1 heterocycles. The molecule has 2 aromatic carbocycles. The molecule has 2 aliphatic rings. The van der Waals surface area contributed by atoms with Gasteiger partial charge >= 0.3 is 0 Å². The fraction of sp³-hybridized carbons (Fsp3) is 0.280. The maximum Gasteiger partial charge on any atom is 0.162 e. The molecule has 0 saturated carbocycles. The van der Waals surface area contributed by atoms with Gasteiger partial charge in [0.1, 0.15) is 11.6 Å². The van der Waals surface area contributed by atoms with Gasteiger partial charge in [0, 0.05) is 27.9 Å². The van der Waals surface area contributed by atoms with Crippen LogP contribution in [0.3, 0.4) is 0 Å². The Morgan fingerprint density at radius 1 is 1.13 bits per heavy atom. The number of Topliss-reactive ketones (excluding diaryl/α,β-unsaturated/α-hetero) is 1. The van der Waals surface area contributed by atoms with E-state index in [2.05, 4.69) is 35.8 Å². The van der Waals surface area contributed by atoms with Crippen LogP contribution < -0.4 is 15.4 Å². The third-order valence-corrected chi connectivity index (χ3v) is 6.44. The molecule has 1 aliphatic carbocycles. The van der Waals surface area contributed by atoms with Gasteiger partial charge in [0.15, 0.2) is 5.78 Å². The second-order valence-electron chi connectivity index (χ2n) is 8.73. The first-order valence-electron chi connectivity index (χ1n) is 10.1. The largest absolute Gasteiger partial charge is 0.497 e. The molecule has 5 nitrogen and oxygen atoms in total. The number of methoxy groups -OCH3 is 1. The molecule has 0 radical (unpaired) electrons. The number of hydrogen-bond donors (Lipinski definition) is 1. The molecule has 1 aliphatic heterocycles. The standard InChI is InChI=1S/C25H24BrN3O2/c1-25(2)12-20-23(21(30)13-25)22(15-4-6-16(26)7-5-15)19(14-27)24(28)29(20)17-8-10-18(31-3)11-9-17/h4-11,22H,12-13,28H2,1-3H3/t22-/m1/s1. The number of ether oxygens (including phenoxy) is 1. The quantitative estimate of drug-likeness (QED) is 0.639. The summed E-state index contributed by atoms with van der Waals surface area (Å²) in [4.78, 5) is 15.3. The predicted octanol–water partition coefficient (Wildman–Crippen LogP) is 5.40. The Labute approximate surface area is 190 Å². The first-order chi connectivity index (χ1) is 14.8.